The first-order chi connectivity index (χ1) is 10.2. The number of hydrogen-bond acceptors (Lipinski definition) is 3. The van der Waals surface area contributed by atoms with Crippen molar-refractivity contribution in [2.75, 3.05) is 5.32 Å². The summed E-state index contributed by atoms with van der Waals surface area (Å²) in [7, 11) is 0. The summed E-state index contributed by atoms with van der Waals surface area (Å²) in [5.74, 6) is 0.322. The number of benzene rings is 1. The van der Waals surface area contributed by atoms with E-state index < -0.39 is 17.6 Å². The zero-order valence-corrected chi connectivity index (χ0v) is 12.3. The van der Waals surface area contributed by atoms with Crippen molar-refractivity contribution in [3.8, 4) is 0 Å². The molecule has 0 aliphatic rings. The van der Waals surface area contributed by atoms with Crippen LogP contribution in [0.15, 0.2) is 28.7 Å². The van der Waals surface area contributed by atoms with Gasteiger partial charge in [0, 0.05) is 11.6 Å². The van der Waals surface area contributed by atoms with Gasteiger partial charge >= 0.3 is 6.18 Å². The van der Waals surface area contributed by atoms with Gasteiger partial charge in [0.1, 0.15) is 5.76 Å². The zero-order chi connectivity index (χ0) is 16.5. The molecule has 118 valence electrons. The minimum Gasteiger partial charge on any atom is -0.445 e. The van der Waals surface area contributed by atoms with Gasteiger partial charge in [-0.1, -0.05) is 13.8 Å². The number of aryl methyl sites for hydroxylation is 1. The Bertz CT molecular complexity index is 673. The van der Waals surface area contributed by atoms with Gasteiger partial charge in [-0.15, -0.1) is 0 Å². The summed E-state index contributed by atoms with van der Waals surface area (Å²) < 4.78 is 42.8. The van der Waals surface area contributed by atoms with E-state index in [1.807, 2.05) is 13.8 Å². The predicted molar refractivity (Wildman–Crippen MR) is 74.7 cm³/mol. The van der Waals surface area contributed by atoms with E-state index in [0.717, 1.165) is 12.1 Å². The highest BCUT2D eigenvalue weighted by atomic mass is 19.4. The van der Waals surface area contributed by atoms with E-state index in [0.29, 0.717) is 11.7 Å². The second-order valence-corrected chi connectivity index (χ2v) is 5.14. The molecular weight excluding hydrogens is 297 g/mol. The van der Waals surface area contributed by atoms with Gasteiger partial charge in [0.2, 0.25) is 0 Å². The molecule has 0 saturated carbocycles. The maximum Gasteiger partial charge on any atom is 0.416 e. The van der Waals surface area contributed by atoms with Crippen molar-refractivity contribution in [2.24, 2.45) is 0 Å². The van der Waals surface area contributed by atoms with E-state index in [1.165, 1.54) is 12.1 Å². The Hall–Kier alpha value is -2.31. The number of carbonyl (C=O) groups is 1. The molecule has 0 bridgehead atoms. The molecule has 4 nitrogen and oxygen atoms in total. The minimum absolute atomic E-state index is 0.0336. The standard InChI is InChI=1S/C15H15F3N2O2/c1-8(2)14-20-12(9(3)22-14)13(21)19-11-6-4-10(5-7-11)15(16,17)18/h4-8H,1-3H3,(H,19,21). The fourth-order valence-corrected chi connectivity index (χ4v) is 1.81. The highest BCUT2D eigenvalue weighted by Gasteiger charge is 2.30. The lowest BCUT2D eigenvalue weighted by molar-refractivity contribution is -0.137. The van der Waals surface area contributed by atoms with Crippen molar-refractivity contribution in [3.63, 3.8) is 0 Å². The van der Waals surface area contributed by atoms with Crippen molar-refractivity contribution in [3.05, 3.63) is 47.2 Å². The molecule has 1 amide bonds. The van der Waals surface area contributed by atoms with Crippen molar-refractivity contribution < 1.29 is 22.4 Å². The average molecular weight is 312 g/mol. The first kappa shape index (κ1) is 16.1. The number of halogens is 3. The Morgan fingerprint density at radius 3 is 2.27 bits per heavy atom. The van der Waals surface area contributed by atoms with Crippen LogP contribution in [0.4, 0.5) is 18.9 Å². The van der Waals surface area contributed by atoms with Gasteiger partial charge in [0.15, 0.2) is 11.6 Å². The molecule has 0 aliphatic carbocycles. The maximum absolute atomic E-state index is 12.5. The van der Waals surface area contributed by atoms with Crippen LogP contribution >= 0.6 is 0 Å². The summed E-state index contributed by atoms with van der Waals surface area (Å²) in [6.45, 7) is 5.37. The average Bonchev–Trinajstić information content (AvgIpc) is 2.81. The minimum atomic E-state index is -4.41. The summed E-state index contributed by atoms with van der Waals surface area (Å²) in [6.07, 6.45) is -4.41. The van der Waals surface area contributed by atoms with E-state index in [9.17, 15) is 18.0 Å². The molecule has 1 aromatic carbocycles. The van der Waals surface area contributed by atoms with E-state index in [4.69, 9.17) is 4.42 Å². The lowest BCUT2D eigenvalue weighted by atomic mass is 10.2. The molecule has 0 unspecified atom stereocenters. The number of carbonyl (C=O) groups excluding carboxylic acids is 1. The molecule has 22 heavy (non-hydrogen) atoms. The molecule has 0 atom stereocenters. The van der Waals surface area contributed by atoms with Gasteiger partial charge < -0.3 is 9.73 Å². The van der Waals surface area contributed by atoms with Crippen LogP contribution in [0.1, 0.15) is 47.5 Å². The first-order valence-electron chi connectivity index (χ1n) is 6.64. The fraction of sp³-hybridized carbons (Fsp3) is 0.333. The Labute approximate surface area is 125 Å². The van der Waals surface area contributed by atoms with Crippen molar-refractivity contribution >= 4 is 11.6 Å². The molecular formula is C15H15F3N2O2. The number of amides is 1. The molecule has 1 heterocycles. The third-order valence-electron chi connectivity index (χ3n) is 2.99. The SMILES string of the molecule is Cc1oc(C(C)C)nc1C(=O)Nc1ccc(C(F)(F)F)cc1. The van der Waals surface area contributed by atoms with Gasteiger partial charge in [0.25, 0.3) is 5.91 Å². The quantitative estimate of drug-likeness (QED) is 0.915. The Morgan fingerprint density at radius 2 is 1.82 bits per heavy atom. The number of hydrogen-bond donors (Lipinski definition) is 1. The first-order valence-corrected chi connectivity index (χ1v) is 6.64. The van der Waals surface area contributed by atoms with Crippen LogP contribution in [0, 0.1) is 6.92 Å². The number of aromatic nitrogens is 1. The number of nitrogens with one attached hydrogen (secondary N) is 1. The van der Waals surface area contributed by atoms with Crippen LogP contribution in [0.25, 0.3) is 0 Å². The van der Waals surface area contributed by atoms with Crippen LogP contribution in [0.5, 0.6) is 0 Å². The second kappa shape index (κ2) is 5.82. The summed E-state index contributed by atoms with van der Waals surface area (Å²) in [4.78, 5) is 16.2. The van der Waals surface area contributed by atoms with Gasteiger partial charge in [-0.05, 0) is 31.2 Å². The third kappa shape index (κ3) is 3.47. The largest absolute Gasteiger partial charge is 0.445 e. The molecule has 2 rings (SSSR count). The molecule has 0 saturated heterocycles. The monoisotopic (exact) mass is 312 g/mol. The van der Waals surface area contributed by atoms with Gasteiger partial charge in [-0.3, -0.25) is 4.79 Å². The molecule has 7 heteroatoms. The topological polar surface area (TPSA) is 55.1 Å². The zero-order valence-electron chi connectivity index (χ0n) is 12.3. The molecule has 0 radical (unpaired) electrons. The second-order valence-electron chi connectivity index (χ2n) is 5.14. The molecule has 1 aromatic heterocycles. The molecule has 0 fully saturated rings. The van der Waals surface area contributed by atoms with Crippen molar-refractivity contribution in [2.45, 2.75) is 32.9 Å². The number of alkyl halides is 3. The number of nitrogens with zero attached hydrogens (tertiary/aromatic N) is 1. The van der Waals surface area contributed by atoms with Gasteiger partial charge in [-0.25, -0.2) is 4.98 Å². The van der Waals surface area contributed by atoms with Crippen LogP contribution in [0.3, 0.4) is 0 Å². The number of rotatable bonds is 3. The van der Waals surface area contributed by atoms with E-state index >= 15 is 0 Å². The van der Waals surface area contributed by atoms with Gasteiger partial charge in [-0.2, -0.15) is 13.2 Å². The van der Waals surface area contributed by atoms with Crippen LogP contribution in [0.2, 0.25) is 0 Å². The molecule has 0 spiro atoms. The number of oxazole rings is 1. The molecule has 0 aliphatic heterocycles. The molecule has 1 N–H and O–H groups in total. The highest BCUT2D eigenvalue weighted by molar-refractivity contribution is 6.03. The van der Waals surface area contributed by atoms with Gasteiger partial charge in [0.05, 0.1) is 5.56 Å². The van der Waals surface area contributed by atoms with Crippen molar-refractivity contribution in [1.82, 2.24) is 4.98 Å². The maximum atomic E-state index is 12.5. The smallest absolute Gasteiger partial charge is 0.416 e. The van der Waals surface area contributed by atoms with E-state index in [2.05, 4.69) is 10.3 Å². The van der Waals surface area contributed by atoms with E-state index in [1.54, 1.807) is 6.92 Å². The Kier molecular flexibility index (Phi) is 4.25. The highest BCUT2D eigenvalue weighted by Crippen LogP contribution is 2.30. The lowest BCUT2D eigenvalue weighted by Crippen LogP contribution is -2.14. The van der Waals surface area contributed by atoms with E-state index in [-0.39, 0.29) is 17.3 Å². The van der Waals surface area contributed by atoms with Crippen molar-refractivity contribution in [1.29, 1.82) is 0 Å². The van der Waals surface area contributed by atoms with Crippen LogP contribution in [-0.4, -0.2) is 10.9 Å². The Balaban J connectivity index is 2.15. The third-order valence-corrected chi connectivity index (χ3v) is 2.99. The summed E-state index contributed by atoms with van der Waals surface area (Å²) in [5.41, 5.74) is -0.389. The fourth-order valence-electron chi connectivity index (χ4n) is 1.81. The summed E-state index contributed by atoms with van der Waals surface area (Å²) in [6, 6.07) is 4.20. The predicted octanol–water partition coefficient (Wildman–Crippen LogP) is 4.38. The summed E-state index contributed by atoms with van der Waals surface area (Å²) in [5, 5.41) is 2.50. The summed E-state index contributed by atoms with van der Waals surface area (Å²) >= 11 is 0. The Morgan fingerprint density at radius 1 is 1.23 bits per heavy atom. The van der Waals surface area contributed by atoms with Crippen LogP contribution in [-0.2, 0) is 6.18 Å². The normalized spacial score (nSPS) is 11.8. The number of anilines is 1. The van der Waals surface area contributed by atoms with Crippen LogP contribution < -0.4 is 5.32 Å². The molecule has 2 aromatic rings. The lowest BCUT2D eigenvalue weighted by Gasteiger charge is -2.08.